The number of halogens is 1. The third-order valence-electron chi connectivity index (χ3n) is 4.10. The highest BCUT2D eigenvalue weighted by atomic mass is 35.5. The molecule has 0 aliphatic heterocycles. The average Bonchev–Trinajstić information content (AvgIpc) is 3.46. The zero-order valence-corrected chi connectivity index (χ0v) is 14.1. The Bertz CT molecular complexity index is 862. The van der Waals surface area contributed by atoms with Crippen molar-refractivity contribution in [3.05, 3.63) is 52.8 Å². The van der Waals surface area contributed by atoms with E-state index in [1.165, 1.54) is 0 Å². The van der Waals surface area contributed by atoms with Crippen LogP contribution in [-0.4, -0.2) is 28.8 Å². The first-order valence-electron chi connectivity index (χ1n) is 7.84. The molecule has 1 heterocycles. The maximum absolute atomic E-state index is 13.0. The zero-order valence-electron chi connectivity index (χ0n) is 13.4. The number of carbonyl (C=O) groups excluding carboxylic acids is 2. The van der Waals surface area contributed by atoms with E-state index < -0.39 is 11.7 Å². The summed E-state index contributed by atoms with van der Waals surface area (Å²) in [6, 6.07) is 6.63. The summed E-state index contributed by atoms with van der Waals surface area (Å²) in [5, 5.41) is 10.2. The molecule has 7 heteroatoms. The Morgan fingerprint density at radius 3 is 2.80 bits per heavy atom. The summed E-state index contributed by atoms with van der Waals surface area (Å²) in [6.07, 6.45) is 4.85. The fraction of sp³-hybridized carbons (Fsp3) is 0.222. The molecule has 1 aromatic carbocycles. The second kappa shape index (κ2) is 7.03. The van der Waals surface area contributed by atoms with Crippen LogP contribution in [0.5, 0.6) is 0 Å². The minimum atomic E-state index is -0.412. The van der Waals surface area contributed by atoms with Gasteiger partial charge in [-0.05, 0) is 36.5 Å². The highest BCUT2D eigenvalue weighted by Gasteiger charge is 2.27. The smallest absolute Gasteiger partial charge is 0.239 e. The van der Waals surface area contributed by atoms with Crippen LogP contribution in [0.25, 0.3) is 0 Å². The molecule has 1 fully saturated rings. The normalized spacial score (nSPS) is 13.3. The molecule has 0 atom stereocenters. The van der Waals surface area contributed by atoms with Gasteiger partial charge in [0.05, 0.1) is 5.69 Å². The fourth-order valence-electron chi connectivity index (χ4n) is 2.65. The SMILES string of the molecule is N=Cc1c(N)cccc1C(=O)c1ncc(C2CC2)cc1NC(=O)CCl. The second-order valence-electron chi connectivity index (χ2n) is 5.90. The van der Waals surface area contributed by atoms with Crippen molar-refractivity contribution in [2.75, 3.05) is 16.9 Å². The van der Waals surface area contributed by atoms with Crippen molar-refractivity contribution < 1.29 is 9.59 Å². The first-order chi connectivity index (χ1) is 12.0. The number of aromatic nitrogens is 1. The van der Waals surface area contributed by atoms with E-state index in [0.717, 1.165) is 24.6 Å². The van der Waals surface area contributed by atoms with Gasteiger partial charge < -0.3 is 16.5 Å². The minimum Gasteiger partial charge on any atom is -0.398 e. The summed E-state index contributed by atoms with van der Waals surface area (Å²) in [4.78, 5) is 29.0. The third kappa shape index (κ3) is 3.53. The number of hydrogen-bond acceptors (Lipinski definition) is 5. The number of benzene rings is 1. The molecule has 2 aromatic rings. The monoisotopic (exact) mass is 356 g/mol. The molecular formula is C18H17ClN4O2. The van der Waals surface area contributed by atoms with E-state index in [-0.39, 0.29) is 17.1 Å². The maximum Gasteiger partial charge on any atom is 0.239 e. The van der Waals surface area contributed by atoms with Crippen LogP contribution in [0.15, 0.2) is 30.5 Å². The van der Waals surface area contributed by atoms with Crippen LogP contribution < -0.4 is 11.1 Å². The van der Waals surface area contributed by atoms with E-state index in [0.29, 0.717) is 22.9 Å². The van der Waals surface area contributed by atoms with Crippen LogP contribution >= 0.6 is 11.6 Å². The molecular weight excluding hydrogens is 340 g/mol. The first kappa shape index (κ1) is 17.1. The number of anilines is 2. The number of nitrogens with two attached hydrogens (primary N) is 1. The molecule has 128 valence electrons. The van der Waals surface area contributed by atoms with Crippen molar-refractivity contribution in [3.8, 4) is 0 Å². The van der Waals surface area contributed by atoms with Crippen molar-refractivity contribution >= 4 is 40.9 Å². The Morgan fingerprint density at radius 2 is 2.16 bits per heavy atom. The van der Waals surface area contributed by atoms with E-state index >= 15 is 0 Å². The van der Waals surface area contributed by atoms with E-state index in [2.05, 4.69) is 10.3 Å². The molecule has 0 unspecified atom stereocenters. The zero-order chi connectivity index (χ0) is 18.0. The number of alkyl halides is 1. The van der Waals surface area contributed by atoms with E-state index in [1.807, 2.05) is 0 Å². The predicted molar refractivity (Wildman–Crippen MR) is 97.7 cm³/mol. The summed E-state index contributed by atoms with van der Waals surface area (Å²) in [5.74, 6) is -0.609. The van der Waals surface area contributed by atoms with Gasteiger partial charge in [0.1, 0.15) is 11.6 Å². The lowest BCUT2D eigenvalue weighted by molar-refractivity contribution is -0.113. The number of hydrogen-bond donors (Lipinski definition) is 3. The van der Waals surface area contributed by atoms with Crippen LogP contribution in [0.2, 0.25) is 0 Å². The maximum atomic E-state index is 13.0. The standard InChI is InChI=1S/C18H17ClN4O2/c19-7-16(24)23-15-6-11(10-4-5-10)9-22-17(15)18(25)12-2-1-3-14(21)13(12)8-20/h1-3,6,8-10,20H,4-5,7,21H2,(H,23,24). The molecule has 6 nitrogen and oxygen atoms in total. The van der Waals surface area contributed by atoms with Gasteiger partial charge in [0.15, 0.2) is 0 Å². The molecule has 3 rings (SSSR count). The van der Waals surface area contributed by atoms with Gasteiger partial charge in [-0.1, -0.05) is 12.1 Å². The molecule has 1 aliphatic rings. The lowest BCUT2D eigenvalue weighted by atomic mass is 9.99. The highest BCUT2D eigenvalue weighted by Crippen LogP contribution is 2.41. The Kier molecular flexibility index (Phi) is 4.81. The molecule has 1 amide bonds. The number of ketones is 1. The molecule has 0 spiro atoms. The van der Waals surface area contributed by atoms with Crippen LogP contribution in [0.3, 0.4) is 0 Å². The third-order valence-corrected chi connectivity index (χ3v) is 4.34. The lowest BCUT2D eigenvalue weighted by Gasteiger charge is -2.12. The molecule has 25 heavy (non-hydrogen) atoms. The molecule has 0 bridgehead atoms. The molecule has 1 aliphatic carbocycles. The van der Waals surface area contributed by atoms with Crippen LogP contribution in [-0.2, 0) is 4.79 Å². The molecule has 4 N–H and O–H groups in total. The molecule has 1 aromatic heterocycles. The van der Waals surface area contributed by atoms with Crippen LogP contribution in [0.4, 0.5) is 11.4 Å². The number of nitrogen functional groups attached to an aromatic ring is 1. The summed E-state index contributed by atoms with van der Waals surface area (Å²) in [6.45, 7) is 0. The Labute approximate surface area is 149 Å². The minimum absolute atomic E-state index is 0.108. The van der Waals surface area contributed by atoms with Gasteiger partial charge in [0, 0.05) is 29.2 Å². The van der Waals surface area contributed by atoms with Crippen molar-refractivity contribution in [1.29, 1.82) is 5.41 Å². The summed E-state index contributed by atoms with van der Waals surface area (Å²) >= 11 is 5.57. The second-order valence-corrected chi connectivity index (χ2v) is 6.17. The van der Waals surface area contributed by atoms with Gasteiger partial charge in [-0.25, -0.2) is 0 Å². The van der Waals surface area contributed by atoms with Gasteiger partial charge >= 0.3 is 0 Å². The molecule has 0 radical (unpaired) electrons. The Balaban J connectivity index is 2.06. The average molecular weight is 357 g/mol. The summed E-state index contributed by atoms with van der Waals surface area (Å²) < 4.78 is 0. The summed E-state index contributed by atoms with van der Waals surface area (Å²) in [5.41, 5.74) is 8.21. The van der Waals surface area contributed by atoms with Gasteiger partial charge in [-0.3, -0.25) is 14.6 Å². The van der Waals surface area contributed by atoms with Crippen LogP contribution in [0.1, 0.15) is 45.9 Å². The lowest BCUT2D eigenvalue weighted by Crippen LogP contribution is -2.18. The number of nitrogens with one attached hydrogen (secondary N) is 2. The van der Waals surface area contributed by atoms with Gasteiger partial charge in [-0.15, -0.1) is 11.6 Å². The van der Waals surface area contributed by atoms with Crippen molar-refractivity contribution in [2.45, 2.75) is 18.8 Å². The molecule has 0 saturated heterocycles. The van der Waals surface area contributed by atoms with Crippen LogP contribution in [0, 0.1) is 5.41 Å². The van der Waals surface area contributed by atoms with Crippen molar-refractivity contribution in [1.82, 2.24) is 4.98 Å². The number of nitrogens with zero attached hydrogens (tertiary/aromatic N) is 1. The number of pyridine rings is 1. The quantitative estimate of drug-likeness (QED) is 0.320. The van der Waals surface area contributed by atoms with Gasteiger partial charge in [0.2, 0.25) is 11.7 Å². The summed E-state index contributed by atoms with van der Waals surface area (Å²) in [7, 11) is 0. The Hall–Kier alpha value is -2.73. The largest absolute Gasteiger partial charge is 0.398 e. The van der Waals surface area contributed by atoms with E-state index in [1.54, 1.807) is 30.5 Å². The number of carbonyl (C=O) groups is 2. The van der Waals surface area contributed by atoms with E-state index in [4.69, 9.17) is 22.7 Å². The number of rotatable bonds is 6. The topological polar surface area (TPSA) is 109 Å². The van der Waals surface area contributed by atoms with Gasteiger partial charge in [-0.2, -0.15) is 0 Å². The highest BCUT2D eigenvalue weighted by molar-refractivity contribution is 6.29. The van der Waals surface area contributed by atoms with E-state index in [9.17, 15) is 9.59 Å². The first-order valence-corrected chi connectivity index (χ1v) is 8.38. The Morgan fingerprint density at radius 1 is 1.40 bits per heavy atom. The van der Waals surface area contributed by atoms with Crippen molar-refractivity contribution in [2.24, 2.45) is 0 Å². The van der Waals surface area contributed by atoms with Gasteiger partial charge in [0.25, 0.3) is 0 Å². The predicted octanol–water partition coefficient (Wildman–Crippen LogP) is 2.95. The number of amides is 1. The molecule has 1 saturated carbocycles. The van der Waals surface area contributed by atoms with Crippen molar-refractivity contribution in [3.63, 3.8) is 0 Å². The fourth-order valence-corrected chi connectivity index (χ4v) is 2.72.